The molecule has 182 valence electrons. The van der Waals surface area contributed by atoms with Gasteiger partial charge in [-0.05, 0) is 40.0 Å². The van der Waals surface area contributed by atoms with Crippen molar-refractivity contribution in [3.63, 3.8) is 0 Å². The van der Waals surface area contributed by atoms with E-state index in [0.717, 1.165) is 12.3 Å². The first kappa shape index (κ1) is 24.6. The van der Waals surface area contributed by atoms with Crippen molar-refractivity contribution in [2.75, 3.05) is 18.4 Å². The minimum absolute atomic E-state index is 0.0216. The lowest BCUT2D eigenvalue weighted by Crippen LogP contribution is -2.50. The molecule has 0 saturated carbocycles. The zero-order valence-corrected chi connectivity index (χ0v) is 19.0. The number of pyridine rings is 1. The van der Waals surface area contributed by atoms with Crippen molar-refractivity contribution < 1.29 is 24.2 Å². The van der Waals surface area contributed by atoms with Crippen LogP contribution in [-0.4, -0.2) is 73.4 Å². The van der Waals surface area contributed by atoms with Crippen LogP contribution in [0.25, 0.3) is 0 Å². The van der Waals surface area contributed by atoms with Gasteiger partial charge in [0.25, 0.3) is 5.69 Å². The molecular weight excluding hydrogens is 450 g/mol. The topological polar surface area (TPSA) is 185 Å². The van der Waals surface area contributed by atoms with Gasteiger partial charge in [-0.15, -0.1) is 0 Å². The largest absolute Gasteiger partial charge is 0.444 e. The Kier molecular flexibility index (Phi) is 6.85. The van der Waals surface area contributed by atoms with E-state index in [2.05, 4.69) is 16.4 Å². The molecule has 0 radical (unpaired) electrons. The van der Waals surface area contributed by atoms with Crippen LogP contribution in [0, 0.1) is 31.6 Å². The van der Waals surface area contributed by atoms with Crippen LogP contribution in [0.1, 0.15) is 40.0 Å². The molecule has 2 aliphatic heterocycles. The molecule has 2 fully saturated rings. The van der Waals surface area contributed by atoms with E-state index < -0.39 is 56.9 Å². The van der Waals surface area contributed by atoms with Crippen LogP contribution >= 0.6 is 0 Å². The molecule has 0 spiro atoms. The van der Waals surface area contributed by atoms with Gasteiger partial charge in [-0.25, -0.2) is 9.78 Å². The molecule has 3 heterocycles. The number of hydrogen-bond acceptors (Lipinski definition) is 10. The van der Waals surface area contributed by atoms with E-state index in [1.54, 1.807) is 20.8 Å². The standard InChI is InChI=1S/C20H25N7O7/c1-20(2,3)34-19(29)25-11-12(7-16(25)18(28)24-6-4-5-13(24)9-21)23-17-15(27(32)33)8-14(10-22-17)26(30)31/h8,10,12-13,16H,4-7,11H2,1-3H3,(H,22,23)/t12-,13-,16-/m0/s1. The summed E-state index contributed by atoms with van der Waals surface area (Å²) < 4.78 is 5.45. The predicted molar refractivity (Wildman–Crippen MR) is 117 cm³/mol. The highest BCUT2D eigenvalue weighted by atomic mass is 16.6. The first-order valence-corrected chi connectivity index (χ1v) is 10.7. The summed E-state index contributed by atoms with van der Waals surface area (Å²) in [5.74, 6) is -0.612. The zero-order chi connectivity index (χ0) is 25.2. The zero-order valence-electron chi connectivity index (χ0n) is 19.0. The van der Waals surface area contributed by atoms with E-state index in [0.29, 0.717) is 19.4 Å². The van der Waals surface area contributed by atoms with Crippen molar-refractivity contribution in [1.82, 2.24) is 14.8 Å². The monoisotopic (exact) mass is 475 g/mol. The third kappa shape index (κ3) is 5.30. The first-order chi connectivity index (χ1) is 15.9. The van der Waals surface area contributed by atoms with E-state index in [9.17, 15) is 35.1 Å². The van der Waals surface area contributed by atoms with Gasteiger partial charge in [-0.3, -0.25) is 29.9 Å². The number of nitrogens with one attached hydrogen (secondary N) is 1. The summed E-state index contributed by atoms with van der Waals surface area (Å²) in [7, 11) is 0. The van der Waals surface area contributed by atoms with E-state index in [-0.39, 0.29) is 18.8 Å². The molecule has 1 aromatic heterocycles. The molecule has 0 bridgehead atoms. The number of ether oxygens (including phenoxy) is 1. The highest BCUT2D eigenvalue weighted by Gasteiger charge is 2.45. The van der Waals surface area contributed by atoms with Gasteiger partial charge in [0.05, 0.1) is 22.0 Å². The molecule has 1 N–H and O–H groups in total. The van der Waals surface area contributed by atoms with Gasteiger partial charge in [0.15, 0.2) is 0 Å². The Morgan fingerprint density at radius 3 is 2.56 bits per heavy atom. The maximum Gasteiger partial charge on any atom is 0.411 e. The lowest BCUT2D eigenvalue weighted by molar-refractivity contribution is -0.394. The van der Waals surface area contributed by atoms with E-state index >= 15 is 0 Å². The molecule has 1 aromatic rings. The number of amides is 2. The molecule has 2 saturated heterocycles. The molecule has 3 atom stereocenters. The fourth-order valence-corrected chi connectivity index (χ4v) is 4.04. The van der Waals surface area contributed by atoms with Crippen molar-refractivity contribution in [2.45, 2.75) is 63.8 Å². The van der Waals surface area contributed by atoms with Crippen LogP contribution in [0.5, 0.6) is 0 Å². The number of nitrogens with zero attached hydrogens (tertiary/aromatic N) is 6. The van der Waals surface area contributed by atoms with Crippen molar-refractivity contribution >= 4 is 29.2 Å². The number of aromatic nitrogens is 1. The first-order valence-electron chi connectivity index (χ1n) is 10.7. The van der Waals surface area contributed by atoms with Gasteiger partial charge in [-0.2, -0.15) is 5.26 Å². The number of nitriles is 1. The average Bonchev–Trinajstić information content (AvgIpc) is 3.39. The molecule has 14 heteroatoms. The second-order valence-electron chi connectivity index (χ2n) is 9.12. The molecule has 0 unspecified atom stereocenters. The van der Waals surface area contributed by atoms with Crippen molar-refractivity contribution in [1.29, 1.82) is 5.26 Å². The number of likely N-dealkylation sites (tertiary alicyclic amines) is 2. The Morgan fingerprint density at radius 2 is 1.97 bits per heavy atom. The summed E-state index contributed by atoms with van der Waals surface area (Å²) in [5, 5.41) is 34.6. The maximum atomic E-state index is 13.3. The molecule has 0 aliphatic carbocycles. The predicted octanol–water partition coefficient (Wildman–Crippen LogP) is 2.20. The minimum atomic E-state index is -0.946. The van der Waals surface area contributed by atoms with Gasteiger partial charge in [0, 0.05) is 19.1 Å². The van der Waals surface area contributed by atoms with Gasteiger partial charge in [0.2, 0.25) is 11.7 Å². The van der Waals surface area contributed by atoms with Gasteiger partial charge in [0.1, 0.15) is 23.9 Å². The van der Waals surface area contributed by atoms with E-state index in [1.165, 1.54) is 9.80 Å². The van der Waals surface area contributed by atoms with E-state index in [1.807, 2.05) is 0 Å². The smallest absolute Gasteiger partial charge is 0.411 e. The lowest BCUT2D eigenvalue weighted by atomic mass is 10.1. The molecule has 34 heavy (non-hydrogen) atoms. The summed E-state index contributed by atoms with van der Waals surface area (Å²) in [5.41, 5.74) is -1.96. The number of rotatable bonds is 5. The average molecular weight is 475 g/mol. The van der Waals surface area contributed by atoms with Crippen LogP contribution in [0.4, 0.5) is 22.0 Å². The number of hydrogen-bond donors (Lipinski definition) is 1. The molecule has 0 aromatic carbocycles. The number of anilines is 1. The molecule has 3 rings (SSSR count). The summed E-state index contributed by atoms with van der Waals surface area (Å²) >= 11 is 0. The van der Waals surface area contributed by atoms with Crippen molar-refractivity contribution in [2.24, 2.45) is 0 Å². The lowest BCUT2D eigenvalue weighted by Gasteiger charge is -2.30. The maximum absolute atomic E-state index is 13.3. The van der Waals surface area contributed by atoms with Crippen LogP contribution in [0.3, 0.4) is 0 Å². The number of carbonyl (C=O) groups excluding carboxylic acids is 2. The SMILES string of the molecule is CC(C)(C)OC(=O)N1C[C@@H](Nc2ncc([N+](=O)[O-])cc2[N+](=O)[O-])C[C@H]1C(=O)N1CCC[C@H]1C#N. The number of carbonyl (C=O) groups is 2. The minimum Gasteiger partial charge on any atom is -0.444 e. The summed E-state index contributed by atoms with van der Waals surface area (Å²) in [6, 6.07) is 0.734. The Balaban J connectivity index is 1.87. The molecule has 14 nitrogen and oxygen atoms in total. The Hall–Kier alpha value is -4.02. The third-order valence-corrected chi connectivity index (χ3v) is 5.50. The Morgan fingerprint density at radius 1 is 1.26 bits per heavy atom. The summed E-state index contributed by atoms with van der Waals surface area (Å²) in [6.45, 7) is 5.42. The molecule has 2 aliphatic rings. The quantitative estimate of drug-likeness (QED) is 0.489. The van der Waals surface area contributed by atoms with E-state index in [4.69, 9.17) is 4.74 Å². The second-order valence-corrected chi connectivity index (χ2v) is 9.12. The highest BCUT2D eigenvalue weighted by Crippen LogP contribution is 2.31. The second kappa shape index (κ2) is 9.46. The van der Waals surface area contributed by atoms with Crippen molar-refractivity contribution in [3.05, 3.63) is 32.5 Å². The van der Waals surface area contributed by atoms with Gasteiger partial charge in [-0.1, -0.05) is 0 Å². The van der Waals surface area contributed by atoms with Crippen LogP contribution < -0.4 is 5.32 Å². The van der Waals surface area contributed by atoms with Crippen LogP contribution in [0.15, 0.2) is 12.3 Å². The van der Waals surface area contributed by atoms with Crippen LogP contribution in [0.2, 0.25) is 0 Å². The highest BCUT2D eigenvalue weighted by molar-refractivity contribution is 5.87. The van der Waals surface area contributed by atoms with Gasteiger partial charge < -0.3 is 15.0 Å². The Bertz CT molecular complexity index is 1050. The Labute approximate surface area is 194 Å². The van der Waals surface area contributed by atoms with Crippen LogP contribution in [-0.2, 0) is 9.53 Å². The fraction of sp³-hybridized carbons (Fsp3) is 0.600. The molecular formula is C20H25N7O7. The third-order valence-electron chi connectivity index (χ3n) is 5.50. The summed E-state index contributed by atoms with van der Waals surface area (Å²) in [4.78, 5) is 53.5. The normalized spacial score (nSPS) is 22.2. The van der Waals surface area contributed by atoms with Gasteiger partial charge >= 0.3 is 11.8 Å². The summed E-state index contributed by atoms with van der Waals surface area (Å²) in [6.07, 6.45) is 1.46. The fourth-order valence-electron chi connectivity index (χ4n) is 4.04. The number of nitro groups is 2. The molecule has 2 amide bonds. The van der Waals surface area contributed by atoms with Crippen molar-refractivity contribution in [3.8, 4) is 6.07 Å².